The van der Waals surface area contributed by atoms with E-state index in [0.717, 1.165) is 19.3 Å². The van der Waals surface area contributed by atoms with Gasteiger partial charge in [-0.1, -0.05) is 35.7 Å². The van der Waals surface area contributed by atoms with E-state index in [1.165, 1.54) is 20.7 Å². The van der Waals surface area contributed by atoms with E-state index in [9.17, 15) is 21.6 Å². The molecule has 0 atom stereocenters. The molecule has 2 saturated heterocycles. The Balaban J connectivity index is 1.31. The molecule has 0 aromatic heterocycles. The van der Waals surface area contributed by atoms with E-state index < -0.39 is 20.0 Å². The van der Waals surface area contributed by atoms with Crippen LogP contribution in [0.25, 0.3) is 0 Å². The van der Waals surface area contributed by atoms with Crippen molar-refractivity contribution in [3.63, 3.8) is 0 Å². The maximum Gasteiger partial charge on any atom is 0.243 e. The van der Waals surface area contributed by atoms with Gasteiger partial charge in [-0.2, -0.15) is 4.31 Å². The average molecular weight is 575 g/mol. The molecule has 1 N–H and O–H groups in total. The molecule has 2 aliphatic rings. The first-order valence-electron chi connectivity index (χ1n) is 11.9. The molecule has 1 amide bonds. The van der Waals surface area contributed by atoms with Gasteiger partial charge in [-0.3, -0.25) is 4.79 Å². The number of rotatable bonds is 7. The van der Waals surface area contributed by atoms with Gasteiger partial charge in [0.25, 0.3) is 0 Å². The fourth-order valence-corrected chi connectivity index (χ4v) is 7.92. The second kappa shape index (κ2) is 11.4. The summed E-state index contributed by atoms with van der Waals surface area (Å²) >= 11 is 11.9. The van der Waals surface area contributed by atoms with Crippen molar-refractivity contribution in [2.75, 3.05) is 31.5 Å². The van der Waals surface area contributed by atoms with Crippen LogP contribution in [0.4, 0.5) is 5.69 Å². The van der Waals surface area contributed by atoms with Crippen molar-refractivity contribution < 1.29 is 21.6 Å². The van der Waals surface area contributed by atoms with Crippen LogP contribution in [0.5, 0.6) is 0 Å². The monoisotopic (exact) mass is 573 g/mol. The molecule has 12 heteroatoms. The van der Waals surface area contributed by atoms with Gasteiger partial charge in [0.05, 0.1) is 20.7 Å². The summed E-state index contributed by atoms with van der Waals surface area (Å²) in [7, 11) is -7.09. The summed E-state index contributed by atoms with van der Waals surface area (Å²) in [6, 6.07) is 11.0. The van der Waals surface area contributed by atoms with Gasteiger partial charge in [0, 0.05) is 37.8 Å². The van der Waals surface area contributed by atoms with Crippen LogP contribution in [-0.2, 0) is 30.6 Å². The van der Waals surface area contributed by atoms with Gasteiger partial charge in [0.2, 0.25) is 26.0 Å². The van der Waals surface area contributed by atoms with E-state index in [1.54, 1.807) is 30.3 Å². The SMILES string of the molecule is O=C(Nc1ccc(S(=O)(=O)N2CCCCC2)cc1)C1CCN(S(=O)(=O)Cc2ccc(Cl)c(Cl)c2)CC1. The van der Waals surface area contributed by atoms with E-state index in [4.69, 9.17) is 23.2 Å². The minimum atomic E-state index is -3.56. The number of carbonyl (C=O) groups is 1. The highest BCUT2D eigenvalue weighted by atomic mass is 35.5. The summed E-state index contributed by atoms with van der Waals surface area (Å²) < 4.78 is 54.2. The molecule has 0 spiro atoms. The van der Waals surface area contributed by atoms with Crippen molar-refractivity contribution in [2.45, 2.75) is 42.8 Å². The van der Waals surface area contributed by atoms with Gasteiger partial charge in [-0.25, -0.2) is 21.1 Å². The van der Waals surface area contributed by atoms with E-state index in [2.05, 4.69) is 5.32 Å². The molecule has 0 aliphatic carbocycles. The lowest BCUT2D eigenvalue weighted by atomic mass is 9.97. The van der Waals surface area contributed by atoms with E-state index >= 15 is 0 Å². The van der Waals surface area contributed by atoms with Crippen molar-refractivity contribution in [1.82, 2.24) is 8.61 Å². The Morgan fingerprint density at radius 1 is 0.833 bits per heavy atom. The Labute approximate surface area is 222 Å². The van der Waals surface area contributed by atoms with Crippen LogP contribution in [0, 0.1) is 5.92 Å². The fraction of sp³-hybridized carbons (Fsp3) is 0.458. The highest BCUT2D eigenvalue weighted by Crippen LogP contribution is 2.27. The molecule has 0 radical (unpaired) electrons. The summed E-state index contributed by atoms with van der Waals surface area (Å²) in [6.45, 7) is 1.55. The molecular weight excluding hydrogens is 545 g/mol. The molecule has 8 nitrogen and oxygen atoms in total. The zero-order valence-corrected chi connectivity index (χ0v) is 22.8. The molecule has 2 fully saturated rings. The highest BCUT2D eigenvalue weighted by Gasteiger charge is 2.31. The van der Waals surface area contributed by atoms with Crippen LogP contribution in [0.3, 0.4) is 0 Å². The second-order valence-electron chi connectivity index (χ2n) is 9.16. The molecular formula is C24H29Cl2N3O5S2. The Morgan fingerprint density at radius 3 is 2.08 bits per heavy atom. The average Bonchev–Trinajstić information content (AvgIpc) is 2.87. The number of piperidine rings is 2. The van der Waals surface area contributed by atoms with Gasteiger partial charge in [-0.15, -0.1) is 0 Å². The number of nitrogens with one attached hydrogen (secondary N) is 1. The summed E-state index contributed by atoms with van der Waals surface area (Å²) in [5.41, 5.74) is 1.06. The molecule has 2 aromatic carbocycles. The fourth-order valence-electron chi connectivity index (χ4n) is 4.54. The van der Waals surface area contributed by atoms with Crippen molar-refractivity contribution in [3.8, 4) is 0 Å². The Hall–Kier alpha value is -1.69. The minimum Gasteiger partial charge on any atom is -0.326 e. The number of hydrogen-bond acceptors (Lipinski definition) is 5. The summed E-state index contributed by atoms with van der Waals surface area (Å²) in [6.07, 6.45) is 3.56. The quantitative estimate of drug-likeness (QED) is 0.530. The van der Waals surface area contributed by atoms with Gasteiger partial charge in [-0.05, 0) is 67.6 Å². The molecule has 2 aliphatic heterocycles. The van der Waals surface area contributed by atoms with Crippen LogP contribution in [0.1, 0.15) is 37.7 Å². The maximum atomic E-state index is 12.8. The zero-order valence-electron chi connectivity index (χ0n) is 19.7. The van der Waals surface area contributed by atoms with Gasteiger partial charge in [0.15, 0.2) is 0 Å². The van der Waals surface area contributed by atoms with Crippen molar-refractivity contribution in [3.05, 3.63) is 58.1 Å². The Morgan fingerprint density at radius 2 is 1.47 bits per heavy atom. The van der Waals surface area contributed by atoms with Gasteiger partial charge in [0.1, 0.15) is 0 Å². The van der Waals surface area contributed by atoms with E-state index in [0.29, 0.717) is 47.2 Å². The van der Waals surface area contributed by atoms with Gasteiger partial charge >= 0.3 is 0 Å². The first-order valence-corrected chi connectivity index (χ1v) is 15.7. The third-order valence-corrected chi connectivity index (χ3v) is 11.1. The molecule has 2 heterocycles. The Kier molecular flexibility index (Phi) is 8.63. The lowest BCUT2D eigenvalue weighted by Gasteiger charge is -2.30. The number of amides is 1. The van der Waals surface area contributed by atoms with E-state index in [1.807, 2.05) is 0 Å². The van der Waals surface area contributed by atoms with Crippen LogP contribution in [0.15, 0.2) is 47.4 Å². The first-order chi connectivity index (χ1) is 17.1. The van der Waals surface area contributed by atoms with Gasteiger partial charge < -0.3 is 5.32 Å². The number of anilines is 1. The molecule has 2 aromatic rings. The number of hydrogen-bond donors (Lipinski definition) is 1. The van der Waals surface area contributed by atoms with Crippen LogP contribution < -0.4 is 5.32 Å². The second-order valence-corrected chi connectivity index (χ2v) is 13.9. The zero-order chi connectivity index (χ0) is 25.9. The van der Waals surface area contributed by atoms with Crippen molar-refractivity contribution in [1.29, 1.82) is 0 Å². The predicted molar refractivity (Wildman–Crippen MR) is 141 cm³/mol. The minimum absolute atomic E-state index is 0.187. The third-order valence-electron chi connectivity index (χ3n) is 6.63. The van der Waals surface area contributed by atoms with Crippen LogP contribution >= 0.6 is 23.2 Å². The highest BCUT2D eigenvalue weighted by molar-refractivity contribution is 7.89. The molecule has 0 saturated carbocycles. The summed E-state index contributed by atoms with van der Waals surface area (Å²) in [4.78, 5) is 13.0. The lowest BCUT2D eigenvalue weighted by molar-refractivity contribution is -0.120. The molecule has 36 heavy (non-hydrogen) atoms. The maximum absolute atomic E-state index is 12.8. The summed E-state index contributed by atoms with van der Waals surface area (Å²) in [5, 5.41) is 3.50. The third kappa shape index (κ3) is 6.41. The van der Waals surface area contributed by atoms with E-state index in [-0.39, 0.29) is 35.6 Å². The molecule has 0 bridgehead atoms. The van der Waals surface area contributed by atoms with Crippen LogP contribution in [0.2, 0.25) is 10.0 Å². The number of carbonyl (C=O) groups excluding carboxylic acids is 1. The molecule has 4 rings (SSSR count). The summed E-state index contributed by atoms with van der Waals surface area (Å²) in [5.74, 6) is -0.727. The number of nitrogens with zero attached hydrogens (tertiary/aromatic N) is 2. The largest absolute Gasteiger partial charge is 0.326 e. The number of halogens is 2. The molecule has 0 unspecified atom stereocenters. The van der Waals surface area contributed by atoms with Crippen LogP contribution in [-0.4, -0.2) is 57.5 Å². The first kappa shape index (κ1) is 27.3. The smallest absolute Gasteiger partial charge is 0.243 e. The Bertz CT molecular complexity index is 1300. The predicted octanol–water partition coefficient (Wildman–Crippen LogP) is 4.35. The van der Waals surface area contributed by atoms with Crippen molar-refractivity contribution >= 4 is 54.8 Å². The van der Waals surface area contributed by atoms with Crippen molar-refractivity contribution in [2.24, 2.45) is 5.92 Å². The number of sulfonamides is 2. The topological polar surface area (TPSA) is 104 Å². The normalized spacial score (nSPS) is 18.7. The molecule has 196 valence electrons. The number of benzene rings is 2. The standard InChI is InChI=1S/C24H29Cl2N3O5S2/c25-22-9-4-18(16-23(22)26)17-35(31,32)28-14-10-19(11-15-28)24(30)27-20-5-7-21(8-6-20)36(33,34)29-12-2-1-3-13-29/h4-9,16,19H,1-3,10-15,17H2,(H,27,30). The lowest BCUT2D eigenvalue weighted by Crippen LogP contribution is -2.41.